The van der Waals surface area contributed by atoms with E-state index in [1.807, 2.05) is 66.9 Å². The summed E-state index contributed by atoms with van der Waals surface area (Å²) in [5.41, 5.74) is 6.87. The number of rotatable bonds is 6. The summed E-state index contributed by atoms with van der Waals surface area (Å²) in [4.78, 5) is 9.73. The number of para-hydroxylation sites is 1. The molecule has 0 amide bonds. The van der Waals surface area contributed by atoms with Crippen molar-refractivity contribution in [1.29, 1.82) is 5.26 Å². The minimum absolute atomic E-state index is 0.661. The Morgan fingerprint density at radius 1 is 1.03 bits per heavy atom. The molecule has 32 heavy (non-hydrogen) atoms. The number of thioether (sulfide) groups is 1. The molecule has 3 aromatic heterocycles. The van der Waals surface area contributed by atoms with Crippen LogP contribution in [0.1, 0.15) is 33.9 Å². The van der Waals surface area contributed by atoms with E-state index in [0.717, 1.165) is 63.1 Å². The first kappa shape index (κ1) is 20.2. The molecule has 1 N–H and O–H groups in total. The number of aryl methyl sites for hydroxylation is 3. The van der Waals surface area contributed by atoms with Gasteiger partial charge in [0.05, 0.1) is 22.8 Å². The van der Waals surface area contributed by atoms with Gasteiger partial charge in [0.15, 0.2) is 16.6 Å². The Bertz CT molecular complexity index is 1440. The summed E-state index contributed by atoms with van der Waals surface area (Å²) in [6.07, 6.45) is 1.57. The van der Waals surface area contributed by atoms with Crippen LogP contribution in [0.25, 0.3) is 16.6 Å². The SMILES string of the molecule is Cc1n[nH]c(C)c1CCc1nc2c3ccccc3nc(SCc3ccc(C#N)cc3)n2n1. The van der Waals surface area contributed by atoms with Crippen molar-refractivity contribution in [3.8, 4) is 6.07 Å². The normalized spacial score (nSPS) is 11.3. The van der Waals surface area contributed by atoms with Crippen LogP contribution in [0.15, 0.2) is 53.7 Å². The Labute approximate surface area is 189 Å². The van der Waals surface area contributed by atoms with Gasteiger partial charge in [0.1, 0.15) is 0 Å². The average Bonchev–Trinajstić information content (AvgIpc) is 3.39. The molecule has 2 aromatic carbocycles. The van der Waals surface area contributed by atoms with Crippen LogP contribution in [0.5, 0.6) is 0 Å². The van der Waals surface area contributed by atoms with E-state index in [9.17, 15) is 0 Å². The highest BCUT2D eigenvalue weighted by atomic mass is 32.2. The van der Waals surface area contributed by atoms with Crippen LogP contribution in [0.3, 0.4) is 0 Å². The molecule has 0 spiro atoms. The molecule has 0 bridgehead atoms. The van der Waals surface area contributed by atoms with Crippen molar-refractivity contribution in [3.05, 3.63) is 82.4 Å². The number of H-pyrrole nitrogens is 1. The quantitative estimate of drug-likeness (QED) is 0.308. The molecule has 158 valence electrons. The van der Waals surface area contributed by atoms with Crippen molar-refractivity contribution >= 4 is 28.3 Å². The van der Waals surface area contributed by atoms with Crippen LogP contribution in [0.4, 0.5) is 0 Å². The third kappa shape index (κ3) is 3.83. The molecular weight excluding hydrogens is 418 g/mol. The standard InChI is InChI=1S/C24H21N7S/c1-15-19(16(2)29-28-15)11-12-22-27-23-20-5-3-4-6-21(20)26-24(31(23)30-22)32-14-18-9-7-17(13-25)8-10-18/h3-10H,11-12,14H2,1-2H3,(H,28,29). The molecule has 8 heteroatoms. The summed E-state index contributed by atoms with van der Waals surface area (Å²) in [6.45, 7) is 4.06. The van der Waals surface area contributed by atoms with Crippen molar-refractivity contribution in [2.45, 2.75) is 37.6 Å². The molecule has 0 saturated heterocycles. The summed E-state index contributed by atoms with van der Waals surface area (Å²) >= 11 is 1.62. The van der Waals surface area contributed by atoms with Crippen LogP contribution < -0.4 is 0 Å². The fourth-order valence-electron chi connectivity index (χ4n) is 3.77. The molecule has 7 nitrogen and oxygen atoms in total. The first-order chi connectivity index (χ1) is 15.6. The molecule has 0 aliphatic rings. The van der Waals surface area contributed by atoms with Crippen LogP contribution in [-0.4, -0.2) is 29.8 Å². The maximum atomic E-state index is 9.00. The molecule has 0 atom stereocenters. The third-order valence-corrected chi connectivity index (χ3v) is 6.52. The highest BCUT2D eigenvalue weighted by Crippen LogP contribution is 2.26. The van der Waals surface area contributed by atoms with E-state index in [1.165, 1.54) is 5.56 Å². The molecule has 0 aliphatic carbocycles. The zero-order chi connectivity index (χ0) is 22.1. The van der Waals surface area contributed by atoms with E-state index < -0.39 is 0 Å². The molecule has 0 radical (unpaired) electrons. The Morgan fingerprint density at radius 2 is 1.84 bits per heavy atom. The second-order valence-electron chi connectivity index (χ2n) is 7.68. The summed E-state index contributed by atoms with van der Waals surface area (Å²) in [6, 6.07) is 17.8. The molecule has 0 saturated carbocycles. The highest BCUT2D eigenvalue weighted by molar-refractivity contribution is 7.98. The van der Waals surface area contributed by atoms with E-state index in [1.54, 1.807) is 11.8 Å². The first-order valence-electron chi connectivity index (χ1n) is 10.4. The second-order valence-corrected chi connectivity index (χ2v) is 8.63. The third-order valence-electron chi connectivity index (χ3n) is 5.52. The number of nitriles is 1. The maximum Gasteiger partial charge on any atom is 0.191 e. The molecule has 0 unspecified atom stereocenters. The summed E-state index contributed by atoms with van der Waals surface area (Å²) < 4.78 is 1.86. The summed E-state index contributed by atoms with van der Waals surface area (Å²) in [5, 5.41) is 22.9. The molecule has 5 aromatic rings. The monoisotopic (exact) mass is 439 g/mol. The van der Waals surface area contributed by atoms with Gasteiger partial charge in [-0.15, -0.1) is 5.10 Å². The Balaban J connectivity index is 1.47. The smallest absolute Gasteiger partial charge is 0.191 e. The summed E-state index contributed by atoms with van der Waals surface area (Å²) in [5.74, 6) is 1.53. The lowest BCUT2D eigenvalue weighted by atomic mass is 10.1. The number of hydrogen-bond donors (Lipinski definition) is 1. The van der Waals surface area contributed by atoms with E-state index in [4.69, 9.17) is 20.3 Å². The number of nitrogens with zero attached hydrogens (tertiary/aromatic N) is 6. The van der Waals surface area contributed by atoms with Gasteiger partial charge in [-0.1, -0.05) is 36.0 Å². The van der Waals surface area contributed by atoms with E-state index in [2.05, 4.69) is 16.3 Å². The van der Waals surface area contributed by atoms with Gasteiger partial charge in [0.2, 0.25) is 0 Å². The molecule has 3 heterocycles. The van der Waals surface area contributed by atoms with Crippen molar-refractivity contribution in [1.82, 2.24) is 29.8 Å². The van der Waals surface area contributed by atoms with Crippen LogP contribution in [-0.2, 0) is 18.6 Å². The fourth-order valence-corrected chi connectivity index (χ4v) is 4.68. The molecular formula is C24H21N7S. The van der Waals surface area contributed by atoms with Gasteiger partial charge in [-0.05, 0) is 55.7 Å². The fraction of sp³-hybridized carbons (Fsp3) is 0.208. The van der Waals surface area contributed by atoms with Crippen LogP contribution in [0, 0.1) is 25.2 Å². The molecule has 5 rings (SSSR count). The zero-order valence-corrected chi connectivity index (χ0v) is 18.6. The van der Waals surface area contributed by atoms with Crippen LogP contribution >= 0.6 is 11.8 Å². The van der Waals surface area contributed by atoms with Crippen molar-refractivity contribution in [3.63, 3.8) is 0 Å². The topological polar surface area (TPSA) is 95.5 Å². The van der Waals surface area contributed by atoms with Gasteiger partial charge >= 0.3 is 0 Å². The lowest BCUT2D eigenvalue weighted by Gasteiger charge is -2.06. The molecule has 0 fully saturated rings. The Kier molecular flexibility index (Phi) is 5.33. The van der Waals surface area contributed by atoms with Crippen molar-refractivity contribution in [2.24, 2.45) is 0 Å². The Morgan fingerprint density at radius 3 is 2.59 bits per heavy atom. The lowest BCUT2D eigenvalue weighted by molar-refractivity contribution is 0.767. The minimum Gasteiger partial charge on any atom is -0.282 e. The van der Waals surface area contributed by atoms with Crippen LogP contribution in [0.2, 0.25) is 0 Å². The maximum absolute atomic E-state index is 9.00. The largest absolute Gasteiger partial charge is 0.282 e. The number of aromatic amines is 1. The summed E-state index contributed by atoms with van der Waals surface area (Å²) in [7, 11) is 0. The highest BCUT2D eigenvalue weighted by Gasteiger charge is 2.15. The van der Waals surface area contributed by atoms with Crippen molar-refractivity contribution < 1.29 is 0 Å². The van der Waals surface area contributed by atoms with Gasteiger partial charge in [0.25, 0.3) is 0 Å². The van der Waals surface area contributed by atoms with Gasteiger partial charge in [-0.25, -0.2) is 9.97 Å². The minimum atomic E-state index is 0.661. The predicted molar refractivity (Wildman–Crippen MR) is 124 cm³/mol. The zero-order valence-electron chi connectivity index (χ0n) is 17.8. The number of aromatic nitrogens is 6. The van der Waals surface area contributed by atoms with Crippen molar-refractivity contribution in [2.75, 3.05) is 0 Å². The Hall–Kier alpha value is -3.70. The van der Waals surface area contributed by atoms with E-state index in [-0.39, 0.29) is 0 Å². The number of hydrogen-bond acceptors (Lipinski definition) is 6. The van der Waals surface area contributed by atoms with Gasteiger partial charge in [0, 0.05) is 23.3 Å². The van der Waals surface area contributed by atoms with E-state index >= 15 is 0 Å². The molecule has 0 aliphatic heterocycles. The average molecular weight is 440 g/mol. The number of benzene rings is 2. The number of fused-ring (bicyclic) bond motifs is 3. The predicted octanol–water partition coefficient (Wildman–Crippen LogP) is 4.57. The van der Waals surface area contributed by atoms with E-state index in [0.29, 0.717) is 5.56 Å². The first-order valence-corrected chi connectivity index (χ1v) is 11.4. The lowest BCUT2D eigenvalue weighted by Crippen LogP contribution is -2.00. The van der Waals surface area contributed by atoms with Gasteiger partial charge in [-0.2, -0.15) is 14.9 Å². The van der Waals surface area contributed by atoms with Gasteiger partial charge in [-0.3, -0.25) is 5.10 Å². The second kappa shape index (κ2) is 8.44. The number of nitrogens with one attached hydrogen (secondary N) is 1. The van der Waals surface area contributed by atoms with Gasteiger partial charge < -0.3 is 0 Å².